The standard InChI is InChI=1S/C16H16N4O/c1-20-16(17)14(11-3-5-13(21-2)6-4-11)15(19-20)12-7-9-18-10-8-12/h3-10H,17H2,1-2H3. The van der Waals surface area contributed by atoms with Crippen molar-refractivity contribution in [3.05, 3.63) is 48.8 Å². The molecule has 0 unspecified atom stereocenters. The minimum Gasteiger partial charge on any atom is -0.497 e. The van der Waals surface area contributed by atoms with Crippen molar-refractivity contribution in [3.8, 4) is 28.1 Å². The van der Waals surface area contributed by atoms with E-state index in [0.717, 1.165) is 28.1 Å². The van der Waals surface area contributed by atoms with Crippen molar-refractivity contribution in [2.75, 3.05) is 12.8 Å². The summed E-state index contributed by atoms with van der Waals surface area (Å²) in [7, 11) is 3.49. The van der Waals surface area contributed by atoms with Crippen molar-refractivity contribution in [2.24, 2.45) is 7.05 Å². The van der Waals surface area contributed by atoms with Crippen LogP contribution in [0.15, 0.2) is 48.8 Å². The van der Waals surface area contributed by atoms with Gasteiger partial charge in [0.2, 0.25) is 0 Å². The van der Waals surface area contributed by atoms with Crippen LogP contribution in [0.1, 0.15) is 0 Å². The molecule has 3 aromatic rings. The first-order valence-electron chi connectivity index (χ1n) is 6.58. The summed E-state index contributed by atoms with van der Waals surface area (Å²) in [6.45, 7) is 0. The van der Waals surface area contributed by atoms with E-state index >= 15 is 0 Å². The lowest BCUT2D eigenvalue weighted by molar-refractivity contribution is 0.415. The molecule has 2 aromatic heterocycles. The number of aromatic nitrogens is 3. The molecule has 2 N–H and O–H groups in total. The van der Waals surface area contributed by atoms with Crippen LogP contribution in [0, 0.1) is 0 Å². The van der Waals surface area contributed by atoms with Crippen LogP contribution in [-0.2, 0) is 7.05 Å². The van der Waals surface area contributed by atoms with E-state index in [2.05, 4.69) is 10.1 Å². The van der Waals surface area contributed by atoms with Gasteiger partial charge in [0.15, 0.2) is 0 Å². The Morgan fingerprint density at radius 2 is 1.67 bits per heavy atom. The Balaban J connectivity index is 2.17. The minimum absolute atomic E-state index is 0.631. The topological polar surface area (TPSA) is 66.0 Å². The number of nitrogens with two attached hydrogens (primary N) is 1. The van der Waals surface area contributed by atoms with Crippen LogP contribution in [0.2, 0.25) is 0 Å². The van der Waals surface area contributed by atoms with E-state index in [-0.39, 0.29) is 0 Å². The fraction of sp³-hybridized carbons (Fsp3) is 0.125. The fourth-order valence-electron chi connectivity index (χ4n) is 2.29. The number of hydrogen-bond acceptors (Lipinski definition) is 4. The van der Waals surface area contributed by atoms with E-state index in [0.29, 0.717) is 5.82 Å². The molecule has 0 saturated carbocycles. The van der Waals surface area contributed by atoms with Crippen molar-refractivity contribution in [3.63, 3.8) is 0 Å². The fourth-order valence-corrected chi connectivity index (χ4v) is 2.29. The summed E-state index contributed by atoms with van der Waals surface area (Å²) in [4.78, 5) is 4.04. The van der Waals surface area contributed by atoms with Crippen LogP contribution < -0.4 is 10.5 Å². The minimum atomic E-state index is 0.631. The number of benzene rings is 1. The largest absolute Gasteiger partial charge is 0.497 e. The summed E-state index contributed by atoms with van der Waals surface area (Å²) in [6.07, 6.45) is 3.50. The quantitative estimate of drug-likeness (QED) is 0.801. The second-order valence-electron chi connectivity index (χ2n) is 4.70. The maximum absolute atomic E-state index is 6.20. The van der Waals surface area contributed by atoms with Crippen LogP contribution in [0.25, 0.3) is 22.4 Å². The van der Waals surface area contributed by atoms with Gasteiger partial charge in [-0.15, -0.1) is 0 Å². The smallest absolute Gasteiger partial charge is 0.129 e. The van der Waals surface area contributed by atoms with E-state index in [1.54, 1.807) is 24.2 Å². The summed E-state index contributed by atoms with van der Waals surface area (Å²) in [5.41, 5.74) is 9.97. The predicted octanol–water partition coefficient (Wildman–Crippen LogP) is 2.74. The Bertz CT molecular complexity index is 748. The van der Waals surface area contributed by atoms with Gasteiger partial charge in [-0.1, -0.05) is 12.1 Å². The van der Waals surface area contributed by atoms with Gasteiger partial charge in [-0.3, -0.25) is 9.67 Å². The highest BCUT2D eigenvalue weighted by atomic mass is 16.5. The van der Waals surface area contributed by atoms with E-state index in [1.165, 1.54) is 0 Å². The first-order valence-corrected chi connectivity index (χ1v) is 6.58. The molecule has 0 saturated heterocycles. The van der Waals surface area contributed by atoms with Gasteiger partial charge in [0.1, 0.15) is 17.3 Å². The van der Waals surface area contributed by atoms with Crippen LogP contribution in [0.4, 0.5) is 5.82 Å². The van der Waals surface area contributed by atoms with E-state index in [1.807, 2.05) is 43.4 Å². The number of hydrogen-bond donors (Lipinski definition) is 1. The third-order valence-corrected chi connectivity index (χ3v) is 3.42. The van der Waals surface area contributed by atoms with E-state index < -0.39 is 0 Å². The molecule has 2 heterocycles. The molecule has 0 fully saturated rings. The highest BCUT2D eigenvalue weighted by Gasteiger charge is 2.17. The molecular formula is C16H16N4O. The monoisotopic (exact) mass is 280 g/mol. The third-order valence-electron chi connectivity index (χ3n) is 3.42. The number of aryl methyl sites for hydroxylation is 1. The van der Waals surface area contributed by atoms with Gasteiger partial charge in [0, 0.05) is 25.0 Å². The number of nitrogen functional groups attached to an aromatic ring is 1. The summed E-state index contributed by atoms with van der Waals surface area (Å²) in [6, 6.07) is 11.6. The van der Waals surface area contributed by atoms with Crippen molar-refractivity contribution in [1.82, 2.24) is 14.8 Å². The van der Waals surface area contributed by atoms with Crippen LogP contribution in [0.5, 0.6) is 5.75 Å². The summed E-state index contributed by atoms with van der Waals surface area (Å²) in [5.74, 6) is 1.44. The molecule has 21 heavy (non-hydrogen) atoms. The Morgan fingerprint density at radius 1 is 1.00 bits per heavy atom. The lowest BCUT2D eigenvalue weighted by atomic mass is 10.0. The molecule has 106 valence electrons. The van der Waals surface area contributed by atoms with Gasteiger partial charge in [0.25, 0.3) is 0 Å². The Morgan fingerprint density at radius 3 is 2.29 bits per heavy atom. The van der Waals surface area contributed by atoms with Gasteiger partial charge in [-0.05, 0) is 29.8 Å². The maximum atomic E-state index is 6.20. The van der Waals surface area contributed by atoms with Gasteiger partial charge in [-0.2, -0.15) is 5.10 Å². The van der Waals surface area contributed by atoms with Crippen LogP contribution in [0.3, 0.4) is 0 Å². The molecule has 0 aliphatic rings. The average molecular weight is 280 g/mol. The zero-order valence-corrected chi connectivity index (χ0v) is 11.9. The molecule has 0 bridgehead atoms. The summed E-state index contributed by atoms with van der Waals surface area (Å²) in [5, 5.41) is 4.53. The van der Waals surface area contributed by atoms with Gasteiger partial charge < -0.3 is 10.5 Å². The van der Waals surface area contributed by atoms with Gasteiger partial charge in [-0.25, -0.2) is 0 Å². The first-order chi connectivity index (χ1) is 10.2. The molecule has 0 spiro atoms. The lowest BCUT2D eigenvalue weighted by Gasteiger charge is -2.06. The number of ether oxygens (including phenoxy) is 1. The molecule has 1 aromatic carbocycles. The molecule has 5 nitrogen and oxygen atoms in total. The SMILES string of the molecule is COc1ccc(-c2c(-c3ccncc3)nn(C)c2N)cc1. The van der Waals surface area contributed by atoms with Gasteiger partial charge in [0.05, 0.1) is 12.7 Å². The van der Waals surface area contributed by atoms with Crippen LogP contribution >= 0.6 is 0 Å². The zero-order chi connectivity index (χ0) is 14.8. The third kappa shape index (κ3) is 2.33. The second-order valence-corrected chi connectivity index (χ2v) is 4.70. The molecule has 0 atom stereocenters. The molecule has 3 rings (SSSR count). The lowest BCUT2D eigenvalue weighted by Crippen LogP contribution is -1.98. The molecular weight excluding hydrogens is 264 g/mol. The van der Waals surface area contributed by atoms with Crippen molar-refractivity contribution < 1.29 is 4.74 Å². The normalized spacial score (nSPS) is 10.6. The number of rotatable bonds is 3. The van der Waals surface area contributed by atoms with E-state index in [4.69, 9.17) is 10.5 Å². The molecule has 0 amide bonds. The van der Waals surface area contributed by atoms with Crippen molar-refractivity contribution in [1.29, 1.82) is 0 Å². The summed E-state index contributed by atoms with van der Waals surface area (Å²) < 4.78 is 6.88. The van der Waals surface area contributed by atoms with Gasteiger partial charge >= 0.3 is 0 Å². The Hall–Kier alpha value is -2.82. The number of methoxy groups -OCH3 is 1. The Labute approximate surface area is 123 Å². The number of anilines is 1. The number of pyridine rings is 1. The van der Waals surface area contributed by atoms with Crippen molar-refractivity contribution in [2.45, 2.75) is 0 Å². The Kier molecular flexibility index (Phi) is 3.31. The van der Waals surface area contributed by atoms with E-state index in [9.17, 15) is 0 Å². The molecule has 0 radical (unpaired) electrons. The summed E-state index contributed by atoms with van der Waals surface area (Å²) >= 11 is 0. The molecule has 0 aliphatic heterocycles. The van der Waals surface area contributed by atoms with Crippen molar-refractivity contribution >= 4 is 5.82 Å². The highest BCUT2D eigenvalue weighted by Crippen LogP contribution is 2.36. The average Bonchev–Trinajstić information content (AvgIpc) is 2.84. The maximum Gasteiger partial charge on any atom is 0.129 e. The van der Waals surface area contributed by atoms with Crippen LogP contribution in [-0.4, -0.2) is 21.9 Å². The first kappa shape index (κ1) is 13.2. The molecule has 5 heteroatoms. The number of nitrogens with zero attached hydrogens (tertiary/aromatic N) is 3. The second kappa shape index (κ2) is 5.28. The zero-order valence-electron chi connectivity index (χ0n) is 11.9. The highest BCUT2D eigenvalue weighted by molar-refractivity contribution is 5.88. The molecule has 0 aliphatic carbocycles. The predicted molar refractivity (Wildman–Crippen MR) is 82.8 cm³/mol.